The maximum Gasteiger partial charge on any atom is 0.190 e. The number of aliphatic hydroxyl groups is 1. The number of fused-ring (bicyclic) bond motifs is 3. The van der Waals surface area contributed by atoms with Gasteiger partial charge in [0.05, 0.1) is 11.5 Å². The number of hydrogen-bond acceptors (Lipinski definition) is 7. The monoisotopic (exact) mass is 387 g/mol. The van der Waals surface area contributed by atoms with Crippen molar-refractivity contribution in [2.45, 2.75) is 36.9 Å². The molecule has 0 saturated carbocycles. The molecule has 2 aromatic heterocycles. The van der Waals surface area contributed by atoms with E-state index in [-0.39, 0.29) is 6.61 Å². The van der Waals surface area contributed by atoms with Crippen molar-refractivity contribution >= 4 is 39.1 Å². The summed E-state index contributed by atoms with van der Waals surface area (Å²) < 4.78 is 5.58. The number of ether oxygens (including phenoxy) is 1. The van der Waals surface area contributed by atoms with E-state index in [9.17, 15) is 5.11 Å². The Bertz CT molecular complexity index is 899. The molecule has 0 bridgehead atoms. The number of thioether (sulfide) groups is 1. The summed E-state index contributed by atoms with van der Waals surface area (Å²) in [6, 6.07) is 9.48. The van der Waals surface area contributed by atoms with E-state index in [0.717, 1.165) is 28.8 Å². The number of benzene rings is 1. The average Bonchev–Trinajstić information content (AvgIpc) is 3.04. The predicted octanol–water partition coefficient (Wildman–Crippen LogP) is 3.68. The minimum absolute atomic E-state index is 0.238. The van der Waals surface area contributed by atoms with Crippen LogP contribution in [0.2, 0.25) is 0 Å². The van der Waals surface area contributed by atoms with Crippen LogP contribution in [-0.4, -0.2) is 33.5 Å². The van der Waals surface area contributed by atoms with Gasteiger partial charge in [-0.2, -0.15) is 0 Å². The zero-order chi connectivity index (χ0) is 17.9. The Balaban J connectivity index is 1.41. The summed E-state index contributed by atoms with van der Waals surface area (Å²) in [4.78, 5) is 11.5. The third-order valence-electron chi connectivity index (χ3n) is 4.41. The van der Waals surface area contributed by atoms with E-state index in [2.05, 4.69) is 9.97 Å². The smallest absolute Gasteiger partial charge is 0.190 e. The fraction of sp³-hybridized carbons (Fsp3) is 0.368. The lowest BCUT2D eigenvalue weighted by Gasteiger charge is -2.12. The van der Waals surface area contributed by atoms with E-state index in [1.54, 1.807) is 11.3 Å². The molecule has 3 aromatic rings. The van der Waals surface area contributed by atoms with Gasteiger partial charge in [-0.15, -0.1) is 11.3 Å². The van der Waals surface area contributed by atoms with Crippen molar-refractivity contribution in [1.82, 2.24) is 9.97 Å². The Morgan fingerprint density at radius 2 is 2.00 bits per heavy atom. The van der Waals surface area contributed by atoms with Crippen molar-refractivity contribution in [1.29, 1.82) is 0 Å². The van der Waals surface area contributed by atoms with Gasteiger partial charge in [-0.25, -0.2) is 9.97 Å². The summed E-state index contributed by atoms with van der Waals surface area (Å²) in [5, 5.41) is 11.8. The van der Waals surface area contributed by atoms with Gasteiger partial charge in [-0.1, -0.05) is 30.0 Å². The van der Waals surface area contributed by atoms with Crippen LogP contribution in [0.5, 0.6) is 5.75 Å². The molecule has 1 aliphatic rings. The minimum atomic E-state index is -0.600. The molecule has 0 amide bonds. The zero-order valence-electron chi connectivity index (χ0n) is 14.4. The van der Waals surface area contributed by atoms with Gasteiger partial charge in [0.2, 0.25) is 0 Å². The first-order chi connectivity index (χ1) is 12.7. The van der Waals surface area contributed by atoms with Gasteiger partial charge in [-0.05, 0) is 43.4 Å². The average molecular weight is 388 g/mol. The van der Waals surface area contributed by atoms with Crippen LogP contribution >= 0.6 is 23.1 Å². The van der Waals surface area contributed by atoms with E-state index in [1.165, 1.54) is 35.0 Å². The van der Waals surface area contributed by atoms with Crippen molar-refractivity contribution in [3.8, 4) is 5.75 Å². The van der Waals surface area contributed by atoms with Gasteiger partial charge >= 0.3 is 0 Å². The number of nitrogens with zero attached hydrogens (tertiary/aromatic N) is 2. The second kappa shape index (κ2) is 7.82. The third-order valence-corrected chi connectivity index (χ3v) is 6.59. The van der Waals surface area contributed by atoms with Gasteiger partial charge in [0, 0.05) is 10.6 Å². The molecule has 4 rings (SSSR count). The number of rotatable bonds is 6. The van der Waals surface area contributed by atoms with Crippen LogP contribution in [0.1, 0.15) is 23.3 Å². The number of aliphatic hydroxyl groups excluding tert-OH is 1. The molecule has 136 valence electrons. The van der Waals surface area contributed by atoms with Crippen LogP contribution in [-0.2, 0) is 12.8 Å². The van der Waals surface area contributed by atoms with Gasteiger partial charge in [-0.3, -0.25) is 0 Å². The summed E-state index contributed by atoms with van der Waals surface area (Å²) in [5.41, 5.74) is 7.57. The van der Waals surface area contributed by atoms with Crippen LogP contribution < -0.4 is 10.5 Å². The molecule has 2 heterocycles. The minimum Gasteiger partial charge on any atom is -0.491 e. The fourth-order valence-corrected chi connectivity index (χ4v) is 5.24. The predicted molar refractivity (Wildman–Crippen MR) is 107 cm³/mol. The van der Waals surface area contributed by atoms with Crippen LogP contribution in [0.4, 0.5) is 5.82 Å². The Morgan fingerprint density at radius 1 is 1.19 bits per heavy atom. The van der Waals surface area contributed by atoms with E-state index in [1.807, 2.05) is 30.3 Å². The van der Waals surface area contributed by atoms with Crippen molar-refractivity contribution in [2.75, 3.05) is 18.1 Å². The summed E-state index contributed by atoms with van der Waals surface area (Å²) in [5.74, 6) is 1.78. The molecule has 0 radical (unpaired) electrons. The highest BCUT2D eigenvalue weighted by Crippen LogP contribution is 2.38. The summed E-state index contributed by atoms with van der Waals surface area (Å²) in [6.45, 7) is 0.238. The molecule has 1 aromatic carbocycles. The van der Waals surface area contributed by atoms with Crippen molar-refractivity contribution < 1.29 is 9.84 Å². The largest absolute Gasteiger partial charge is 0.491 e. The number of nitrogens with two attached hydrogens (primary N) is 1. The Labute approximate surface area is 160 Å². The van der Waals surface area contributed by atoms with E-state index in [0.29, 0.717) is 16.7 Å². The lowest BCUT2D eigenvalue weighted by molar-refractivity contribution is 0.126. The second-order valence-corrected chi connectivity index (χ2v) is 8.44. The highest BCUT2D eigenvalue weighted by Gasteiger charge is 2.20. The lowest BCUT2D eigenvalue weighted by atomic mass is 9.97. The van der Waals surface area contributed by atoms with Crippen molar-refractivity contribution in [3.05, 3.63) is 40.8 Å². The number of aryl methyl sites for hydroxylation is 2. The third kappa shape index (κ3) is 3.79. The highest BCUT2D eigenvalue weighted by atomic mass is 32.2. The van der Waals surface area contributed by atoms with Crippen LogP contribution in [0.3, 0.4) is 0 Å². The molecule has 1 unspecified atom stereocenters. The molecule has 3 N–H and O–H groups in total. The second-order valence-electron chi connectivity index (χ2n) is 6.37. The van der Waals surface area contributed by atoms with E-state index < -0.39 is 6.10 Å². The van der Waals surface area contributed by atoms with Gasteiger partial charge < -0.3 is 15.6 Å². The number of aromatic nitrogens is 2. The molecule has 1 atom stereocenters. The lowest BCUT2D eigenvalue weighted by Crippen LogP contribution is -2.20. The number of anilines is 1. The molecule has 1 aliphatic carbocycles. The zero-order valence-corrected chi connectivity index (χ0v) is 16.0. The van der Waals surface area contributed by atoms with Gasteiger partial charge in [0.25, 0.3) is 0 Å². The molecule has 5 nitrogen and oxygen atoms in total. The van der Waals surface area contributed by atoms with Crippen molar-refractivity contribution in [2.24, 2.45) is 0 Å². The standard InChI is InChI=1S/C19H21N3O2S2/c20-17-16-14-8-4-5-9-15(14)26-18(16)22-19(21-17)25-11-12(23)10-24-13-6-2-1-3-7-13/h1-3,6-7,12,23H,4-5,8-11H2,(H2,20,21,22). The molecule has 0 aliphatic heterocycles. The quantitative estimate of drug-likeness (QED) is 0.496. The molecular formula is C19H21N3O2S2. The highest BCUT2D eigenvalue weighted by molar-refractivity contribution is 7.99. The SMILES string of the molecule is Nc1nc(SCC(O)COc2ccccc2)nc2sc3c(c12)CCCC3. The van der Waals surface area contributed by atoms with E-state index in [4.69, 9.17) is 10.5 Å². The summed E-state index contributed by atoms with van der Waals surface area (Å²) in [7, 11) is 0. The molecule has 26 heavy (non-hydrogen) atoms. The molecule has 0 fully saturated rings. The molecule has 7 heteroatoms. The number of nitrogen functional groups attached to an aromatic ring is 1. The Hall–Kier alpha value is -1.83. The summed E-state index contributed by atoms with van der Waals surface area (Å²) in [6.07, 6.45) is 4.04. The Morgan fingerprint density at radius 3 is 2.85 bits per heavy atom. The van der Waals surface area contributed by atoms with E-state index >= 15 is 0 Å². The molecular weight excluding hydrogens is 366 g/mol. The normalized spacial score (nSPS) is 15.0. The first-order valence-electron chi connectivity index (χ1n) is 8.77. The summed E-state index contributed by atoms with van der Waals surface area (Å²) >= 11 is 3.15. The number of para-hydroxylation sites is 1. The number of hydrogen-bond donors (Lipinski definition) is 2. The van der Waals surface area contributed by atoms with Crippen LogP contribution in [0.15, 0.2) is 35.5 Å². The maximum atomic E-state index is 10.2. The molecule has 0 spiro atoms. The van der Waals surface area contributed by atoms with Gasteiger partial charge in [0.15, 0.2) is 5.16 Å². The first kappa shape index (κ1) is 17.6. The first-order valence-corrected chi connectivity index (χ1v) is 10.6. The maximum absolute atomic E-state index is 10.2. The van der Waals surface area contributed by atoms with Crippen LogP contribution in [0.25, 0.3) is 10.2 Å². The number of thiophene rings is 1. The molecule has 0 saturated heterocycles. The Kier molecular flexibility index (Phi) is 5.28. The van der Waals surface area contributed by atoms with Crippen molar-refractivity contribution in [3.63, 3.8) is 0 Å². The fourth-order valence-electron chi connectivity index (χ4n) is 3.16. The van der Waals surface area contributed by atoms with Gasteiger partial charge in [0.1, 0.15) is 23.0 Å². The van der Waals surface area contributed by atoms with Crippen LogP contribution in [0, 0.1) is 0 Å². The topological polar surface area (TPSA) is 81.3 Å².